The Morgan fingerprint density at radius 3 is 2.53 bits per heavy atom. The molecule has 2 aromatic rings. The van der Waals surface area contributed by atoms with Gasteiger partial charge in [-0.15, -0.1) is 0 Å². The molecule has 96 valence electrons. The maximum atomic E-state index is 8.76. The van der Waals surface area contributed by atoms with Crippen LogP contribution in [0.15, 0.2) is 42.5 Å². The molecule has 0 aliphatic heterocycles. The molecule has 0 aliphatic rings. The van der Waals surface area contributed by atoms with E-state index in [-0.39, 0.29) is 0 Å². The number of anilines is 2. The summed E-state index contributed by atoms with van der Waals surface area (Å²) < 4.78 is 0. The standard InChI is InChI=1S/C15H14ClN3/c16-13-4-1-11(2-5-13)7-8-19-15-6-3-12(10-17)9-14(15)18/h1-6,9,19H,7-8,18H2. The fourth-order valence-corrected chi connectivity index (χ4v) is 1.91. The molecule has 0 bridgehead atoms. The second-order valence-corrected chi connectivity index (χ2v) is 4.65. The van der Waals surface area contributed by atoms with Crippen LogP contribution in [-0.2, 0) is 6.42 Å². The predicted octanol–water partition coefficient (Wildman–Crippen LogP) is 3.45. The van der Waals surface area contributed by atoms with Crippen LogP contribution in [0.3, 0.4) is 0 Å². The molecule has 2 rings (SSSR count). The topological polar surface area (TPSA) is 61.8 Å². The minimum atomic E-state index is 0.570. The van der Waals surface area contributed by atoms with E-state index in [1.54, 1.807) is 12.1 Å². The van der Waals surface area contributed by atoms with Gasteiger partial charge in [-0.3, -0.25) is 0 Å². The molecule has 0 saturated carbocycles. The van der Waals surface area contributed by atoms with E-state index >= 15 is 0 Å². The van der Waals surface area contributed by atoms with Gasteiger partial charge in [-0.1, -0.05) is 23.7 Å². The molecule has 0 fully saturated rings. The number of nitrogens with zero attached hydrogens (tertiary/aromatic N) is 1. The van der Waals surface area contributed by atoms with Crippen molar-refractivity contribution in [3.05, 3.63) is 58.6 Å². The molecule has 0 unspecified atom stereocenters. The zero-order valence-electron chi connectivity index (χ0n) is 10.4. The average molecular weight is 272 g/mol. The third-order valence-electron chi connectivity index (χ3n) is 2.82. The van der Waals surface area contributed by atoms with Crippen molar-refractivity contribution in [3.63, 3.8) is 0 Å². The molecule has 19 heavy (non-hydrogen) atoms. The summed E-state index contributed by atoms with van der Waals surface area (Å²) in [5.41, 5.74) is 9.09. The number of benzene rings is 2. The first-order chi connectivity index (χ1) is 9.19. The number of rotatable bonds is 4. The molecule has 0 aliphatic carbocycles. The van der Waals surface area contributed by atoms with E-state index in [0.29, 0.717) is 11.3 Å². The van der Waals surface area contributed by atoms with Crippen LogP contribution in [-0.4, -0.2) is 6.54 Å². The fraction of sp³-hybridized carbons (Fsp3) is 0.133. The zero-order chi connectivity index (χ0) is 13.7. The number of nitrogen functional groups attached to an aromatic ring is 1. The Hall–Kier alpha value is -2.18. The first-order valence-corrected chi connectivity index (χ1v) is 6.35. The molecule has 0 aromatic heterocycles. The van der Waals surface area contributed by atoms with Crippen LogP contribution in [0, 0.1) is 11.3 Å². The third-order valence-corrected chi connectivity index (χ3v) is 3.08. The highest BCUT2D eigenvalue weighted by Crippen LogP contribution is 2.19. The molecule has 0 amide bonds. The number of hydrogen-bond donors (Lipinski definition) is 2. The maximum Gasteiger partial charge on any atom is 0.0992 e. The lowest BCUT2D eigenvalue weighted by atomic mass is 10.1. The van der Waals surface area contributed by atoms with Crippen LogP contribution in [0.4, 0.5) is 11.4 Å². The van der Waals surface area contributed by atoms with Crippen molar-refractivity contribution in [2.75, 3.05) is 17.6 Å². The maximum absolute atomic E-state index is 8.76. The highest BCUT2D eigenvalue weighted by Gasteiger charge is 2.00. The highest BCUT2D eigenvalue weighted by atomic mass is 35.5. The Morgan fingerprint density at radius 1 is 1.16 bits per heavy atom. The molecular weight excluding hydrogens is 258 g/mol. The minimum absolute atomic E-state index is 0.570. The Morgan fingerprint density at radius 2 is 1.89 bits per heavy atom. The Labute approximate surface area is 117 Å². The summed E-state index contributed by atoms with van der Waals surface area (Å²) in [5.74, 6) is 0. The van der Waals surface area contributed by atoms with E-state index < -0.39 is 0 Å². The van der Waals surface area contributed by atoms with Crippen LogP contribution in [0.1, 0.15) is 11.1 Å². The lowest BCUT2D eigenvalue weighted by molar-refractivity contribution is 1.02. The van der Waals surface area contributed by atoms with Gasteiger partial charge >= 0.3 is 0 Å². The monoisotopic (exact) mass is 271 g/mol. The summed E-state index contributed by atoms with van der Waals surface area (Å²) in [6.45, 7) is 0.776. The Bertz CT molecular complexity index is 600. The van der Waals surface area contributed by atoms with Crippen molar-refractivity contribution >= 4 is 23.0 Å². The number of halogens is 1. The van der Waals surface area contributed by atoms with Crippen molar-refractivity contribution in [3.8, 4) is 6.07 Å². The van der Waals surface area contributed by atoms with Gasteiger partial charge in [0.25, 0.3) is 0 Å². The smallest absolute Gasteiger partial charge is 0.0992 e. The summed E-state index contributed by atoms with van der Waals surface area (Å²) in [6.07, 6.45) is 0.886. The summed E-state index contributed by atoms with van der Waals surface area (Å²) in [5, 5.41) is 12.8. The summed E-state index contributed by atoms with van der Waals surface area (Å²) in [4.78, 5) is 0. The lowest BCUT2D eigenvalue weighted by Crippen LogP contribution is -2.06. The van der Waals surface area contributed by atoms with E-state index in [9.17, 15) is 0 Å². The second-order valence-electron chi connectivity index (χ2n) is 4.22. The van der Waals surface area contributed by atoms with Gasteiger partial charge < -0.3 is 11.1 Å². The summed E-state index contributed by atoms with van der Waals surface area (Å²) in [6, 6.07) is 15.1. The molecule has 0 spiro atoms. The van der Waals surface area contributed by atoms with Gasteiger partial charge in [-0.25, -0.2) is 0 Å². The van der Waals surface area contributed by atoms with Crippen molar-refractivity contribution < 1.29 is 0 Å². The van der Waals surface area contributed by atoms with Crippen molar-refractivity contribution in [2.45, 2.75) is 6.42 Å². The fourth-order valence-electron chi connectivity index (χ4n) is 1.79. The van der Waals surface area contributed by atoms with Gasteiger partial charge in [0.05, 0.1) is 23.0 Å². The average Bonchev–Trinajstić information content (AvgIpc) is 2.42. The summed E-state index contributed by atoms with van der Waals surface area (Å²) in [7, 11) is 0. The molecule has 4 heteroatoms. The van der Waals surface area contributed by atoms with Crippen LogP contribution >= 0.6 is 11.6 Å². The number of nitriles is 1. The number of nitrogens with one attached hydrogen (secondary N) is 1. The molecule has 2 aromatic carbocycles. The normalized spacial score (nSPS) is 9.89. The first-order valence-electron chi connectivity index (χ1n) is 5.97. The Kier molecular flexibility index (Phi) is 4.27. The number of hydrogen-bond acceptors (Lipinski definition) is 3. The van der Waals surface area contributed by atoms with E-state index in [2.05, 4.69) is 11.4 Å². The van der Waals surface area contributed by atoms with Crippen LogP contribution in [0.2, 0.25) is 5.02 Å². The van der Waals surface area contributed by atoms with Crippen molar-refractivity contribution in [2.24, 2.45) is 0 Å². The molecular formula is C15H14ClN3. The van der Waals surface area contributed by atoms with Gasteiger partial charge in [0.15, 0.2) is 0 Å². The number of nitrogens with two attached hydrogens (primary N) is 1. The van der Waals surface area contributed by atoms with E-state index in [4.69, 9.17) is 22.6 Å². The third kappa shape index (κ3) is 3.64. The largest absolute Gasteiger partial charge is 0.397 e. The van der Waals surface area contributed by atoms with Crippen molar-refractivity contribution in [1.82, 2.24) is 0 Å². The van der Waals surface area contributed by atoms with Gasteiger partial charge in [-0.2, -0.15) is 5.26 Å². The summed E-state index contributed by atoms with van der Waals surface area (Å²) >= 11 is 5.83. The zero-order valence-corrected chi connectivity index (χ0v) is 11.1. The van der Waals surface area contributed by atoms with Gasteiger partial charge in [0, 0.05) is 11.6 Å². The highest BCUT2D eigenvalue weighted by molar-refractivity contribution is 6.30. The molecule has 0 heterocycles. The molecule has 3 N–H and O–H groups in total. The van der Waals surface area contributed by atoms with Gasteiger partial charge in [-0.05, 0) is 42.3 Å². The SMILES string of the molecule is N#Cc1ccc(NCCc2ccc(Cl)cc2)c(N)c1. The Balaban J connectivity index is 1.92. The van der Waals surface area contributed by atoms with E-state index in [0.717, 1.165) is 23.7 Å². The predicted molar refractivity (Wildman–Crippen MR) is 79.2 cm³/mol. The van der Waals surface area contributed by atoms with Crippen molar-refractivity contribution in [1.29, 1.82) is 5.26 Å². The van der Waals surface area contributed by atoms with Crippen LogP contribution in [0.25, 0.3) is 0 Å². The molecule has 0 saturated heterocycles. The second kappa shape index (κ2) is 6.12. The quantitative estimate of drug-likeness (QED) is 0.837. The van der Waals surface area contributed by atoms with Gasteiger partial charge in [0.2, 0.25) is 0 Å². The molecule has 0 radical (unpaired) electrons. The van der Waals surface area contributed by atoms with Crippen LogP contribution < -0.4 is 11.1 Å². The first kappa shape index (κ1) is 13.3. The van der Waals surface area contributed by atoms with Gasteiger partial charge in [0.1, 0.15) is 0 Å². The lowest BCUT2D eigenvalue weighted by Gasteiger charge is -2.09. The van der Waals surface area contributed by atoms with E-state index in [1.807, 2.05) is 30.3 Å². The molecule has 3 nitrogen and oxygen atoms in total. The minimum Gasteiger partial charge on any atom is -0.397 e. The molecule has 0 atom stereocenters. The van der Waals surface area contributed by atoms with E-state index in [1.165, 1.54) is 5.56 Å². The van der Waals surface area contributed by atoms with Crippen LogP contribution in [0.5, 0.6) is 0 Å².